The largest absolute Gasteiger partial charge is 0.480 e. The van der Waals surface area contributed by atoms with Crippen molar-refractivity contribution < 1.29 is 19.4 Å². The highest BCUT2D eigenvalue weighted by molar-refractivity contribution is 6.42. The Labute approximate surface area is 132 Å². The Bertz CT molecular complexity index is 511. The first-order valence-corrected chi connectivity index (χ1v) is 6.86. The predicted molar refractivity (Wildman–Crippen MR) is 81.0 cm³/mol. The van der Waals surface area contributed by atoms with Gasteiger partial charge in [0.15, 0.2) is 0 Å². The van der Waals surface area contributed by atoms with Crippen LogP contribution in [0.3, 0.4) is 0 Å². The van der Waals surface area contributed by atoms with Crippen molar-refractivity contribution in [2.75, 3.05) is 38.7 Å². The third kappa shape index (κ3) is 6.77. The number of halogens is 2. The molecule has 0 bridgehead atoms. The summed E-state index contributed by atoms with van der Waals surface area (Å²) in [5.41, 5.74) is 0.497. The third-order valence-corrected chi connectivity index (χ3v) is 3.28. The fourth-order valence-corrected chi connectivity index (χ4v) is 1.90. The number of nitrogens with zero attached hydrogens (tertiary/aromatic N) is 1. The summed E-state index contributed by atoms with van der Waals surface area (Å²) in [7, 11) is 1.51. The normalized spacial score (nSPS) is 10.7. The second kappa shape index (κ2) is 8.84. The van der Waals surface area contributed by atoms with Gasteiger partial charge in [-0.25, -0.2) is 0 Å². The van der Waals surface area contributed by atoms with Crippen molar-refractivity contribution >= 4 is 40.8 Å². The van der Waals surface area contributed by atoms with Gasteiger partial charge in [-0.05, 0) is 18.2 Å². The standard InChI is InChI=1S/C13H16Cl2N2O4/c1-21-5-4-17(8-13(19)20)7-12(18)16-9-2-3-10(14)11(15)6-9/h2-3,6H,4-5,7-8H2,1H3,(H,16,18)(H,19,20). The number of aliphatic carboxylic acids is 1. The second-order valence-electron chi connectivity index (χ2n) is 4.27. The first kappa shape index (κ1) is 17.7. The molecule has 2 N–H and O–H groups in total. The van der Waals surface area contributed by atoms with Crippen molar-refractivity contribution in [3.8, 4) is 0 Å². The predicted octanol–water partition coefficient (Wildman–Crippen LogP) is 1.96. The van der Waals surface area contributed by atoms with E-state index in [1.165, 1.54) is 18.1 Å². The van der Waals surface area contributed by atoms with Gasteiger partial charge in [0.1, 0.15) is 0 Å². The zero-order valence-corrected chi connectivity index (χ0v) is 12.9. The van der Waals surface area contributed by atoms with E-state index in [1.54, 1.807) is 12.1 Å². The Morgan fingerprint density at radius 3 is 2.57 bits per heavy atom. The van der Waals surface area contributed by atoms with E-state index < -0.39 is 5.97 Å². The topological polar surface area (TPSA) is 78.9 Å². The van der Waals surface area contributed by atoms with Crippen molar-refractivity contribution in [2.45, 2.75) is 0 Å². The highest BCUT2D eigenvalue weighted by Crippen LogP contribution is 2.24. The summed E-state index contributed by atoms with van der Waals surface area (Å²) in [6.07, 6.45) is 0. The molecule has 0 atom stereocenters. The molecule has 0 aliphatic rings. The highest BCUT2D eigenvalue weighted by atomic mass is 35.5. The lowest BCUT2D eigenvalue weighted by Crippen LogP contribution is -2.38. The van der Waals surface area contributed by atoms with E-state index in [0.717, 1.165) is 0 Å². The molecule has 0 saturated carbocycles. The minimum absolute atomic E-state index is 0.0596. The van der Waals surface area contributed by atoms with Crippen LogP contribution in [-0.2, 0) is 14.3 Å². The molecule has 0 saturated heterocycles. The molecule has 1 rings (SSSR count). The number of rotatable bonds is 8. The highest BCUT2D eigenvalue weighted by Gasteiger charge is 2.14. The van der Waals surface area contributed by atoms with Gasteiger partial charge in [-0.15, -0.1) is 0 Å². The maximum absolute atomic E-state index is 11.9. The monoisotopic (exact) mass is 334 g/mol. The number of methoxy groups -OCH3 is 1. The maximum atomic E-state index is 11.9. The number of hydrogen-bond donors (Lipinski definition) is 2. The molecule has 0 aliphatic carbocycles. The second-order valence-corrected chi connectivity index (χ2v) is 5.09. The van der Waals surface area contributed by atoms with E-state index in [9.17, 15) is 9.59 Å². The van der Waals surface area contributed by atoms with Crippen LogP contribution in [0.15, 0.2) is 18.2 Å². The lowest BCUT2D eigenvalue weighted by atomic mass is 10.3. The summed E-state index contributed by atoms with van der Waals surface area (Å²) < 4.78 is 4.88. The number of carboxylic acid groups (broad SMARTS) is 1. The van der Waals surface area contributed by atoms with Gasteiger partial charge < -0.3 is 15.2 Å². The molecule has 8 heteroatoms. The fraction of sp³-hybridized carbons (Fsp3) is 0.385. The molecular formula is C13H16Cl2N2O4. The molecule has 0 fully saturated rings. The molecular weight excluding hydrogens is 319 g/mol. The molecule has 0 spiro atoms. The Kier molecular flexibility index (Phi) is 7.45. The third-order valence-electron chi connectivity index (χ3n) is 2.54. The Morgan fingerprint density at radius 1 is 1.29 bits per heavy atom. The molecule has 0 aliphatic heterocycles. The lowest BCUT2D eigenvalue weighted by Gasteiger charge is -2.19. The average molecular weight is 335 g/mol. The Hall–Kier alpha value is -1.34. The number of nitrogens with one attached hydrogen (secondary N) is 1. The lowest BCUT2D eigenvalue weighted by molar-refractivity contribution is -0.138. The SMILES string of the molecule is COCCN(CC(=O)O)CC(=O)Nc1ccc(Cl)c(Cl)c1. The van der Waals surface area contributed by atoms with Gasteiger partial charge in [0, 0.05) is 19.3 Å². The van der Waals surface area contributed by atoms with Crippen molar-refractivity contribution in [1.82, 2.24) is 4.90 Å². The molecule has 6 nitrogen and oxygen atoms in total. The van der Waals surface area contributed by atoms with Crippen LogP contribution in [0.5, 0.6) is 0 Å². The molecule has 1 aromatic rings. The Balaban J connectivity index is 2.59. The van der Waals surface area contributed by atoms with Gasteiger partial charge in [-0.3, -0.25) is 14.5 Å². The van der Waals surface area contributed by atoms with Crippen molar-refractivity contribution in [1.29, 1.82) is 0 Å². The summed E-state index contributed by atoms with van der Waals surface area (Å²) >= 11 is 11.6. The zero-order valence-electron chi connectivity index (χ0n) is 11.4. The van der Waals surface area contributed by atoms with Gasteiger partial charge in [-0.1, -0.05) is 23.2 Å². The first-order chi connectivity index (χ1) is 9.92. The van der Waals surface area contributed by atoms with Gasteiger partial charge in [-0.2, -0.15) is 0 Å². The molecule has 0 radical (unpaired) electrons. The minimum Gasteiger partial charge on any atom is -0.480 e. The van der Waals surface area contributed by atoms with Crippen LogP contribution >= 0.6 is 23.2 Å². The molecule has 21 heavy (non-hydrogen) atoms. The zero-order chi connectivity index (χ0) is 15.8. The molecule has 0 aromatic heterocycles. The number of carboxylic acids is 1. The molecule has 1 amide bonds. The van der Waals surface area contributed by atoms with Gasteiger partial charge in [0.25, 0.3) is 0 Å². The van der Waals surface area contributed by atoms with E-state index >= 15 is 0 Å². The average Bonchev–Trinajstić information content (AvgIpc) is 2.39. The van der Waals surface area contributed by atoms with E-state index in [0.29, 0.717) is 28.9 Å². The van der Waals surface area contributed by atoms with Crippen LogP contribution in [-0.4, -0.2) is 55.2 Å². The molecule has 1 aromatic carbocycles. The van der Waals surface area contributed by atoms with Crippen LogP contribution < -0.4 is 5.32 Å². The summed E-state index contributed by atoms with van der Waals surface area (Å²) in [5.74, 6) is -1.35. The molecule has 0 heterocycles. The quantitative estimate of drug-likeness (QED) is 0.759. The summed E-state index contributed by atoms with van der Waals surface area (Å²) in [4.78, 5) is 24.1. The number of carbonyl (C=O) groups excluding carboxylic acids is 1. The minimum atomic E-state index is -1.01. The van der Waals surface area contributed by atoms with Gasteiger partial charge in [0.2, 0.25) is 5.91 Å². The van der Waals surface area contributed by atoms with Crippen LogP contribution in [0, 0.1) is 0 Å². The van der Waals surface area contributed by atoms with Gasteiger partial charge >= 0.3 is 5.97 Å². The number of anilines is 1. The number of amides is 1. The van der Waals surface area contributed by atoms with Crippen molar-refractivity contribution in [3.05, 3.63) is 28.2 Å². The van der Waals surface area contributed by atoms with Crippen LogP contribution in [0.1, 0.15) is 0 Å². The van der Waals surface area contributed by atoms with Crippen LogP contribution in [0.4, 0.5) is 5.69 Å². The van der Waals surface area contributed by atoms with Crippen molar-refractivity contribution in [3.63, 3.8) is 0 Å². The maximum Gasteiger partial charge on any atom is 0.317 e. The van der Waals surface area contributed by atoms with Crippen molar-refractivity contribution in [2.24, 2.45) is 0 Å². The van der Waals surface area contributed by atoms with E-state index in [4.69, 9.17) is 33.0 Å². The molecule has 0 unspecified atom stereocenters. The van der Waals surface area contributed by atoms with Crippen LogP contribution in [0.25, 0.3) is 0 Å². The van der Waals surface area contributed by atoms with Crippen LogP contribution in [0.2, 0.25) is 10.0 Å². The van der Waals surface area contributed by atoms with E-state index in [2.05, 4.69) is 5.32 Å². The number of benzene rings is 1. The van der Waals surface area contributed by atoms with E-state index in [-0.39, 0.29) is 19.0 Å². The fourth-order valence-electron chi connectivity index (χ4n) is 1.60. The summed E-state index contributed by atoms with van der Waals surface area (Å²) in [5, 5.41) is 12.2. The van der Waals surface area contributed by atoms with Gasteiger partial charge in [0.05, 0.1) is 29.7 Å². The number of ether oxygens (including phenoxy) is 1. The molecule has 116 valence electrons. The van der Waals surface area contributed by atoms with E-state index in [1.807, 2.05) is 0 Å². The summed E-state index contributed by atoms with van der Waals surface area (Å²) in [6.45, 7) is 0.388. The number of carbonyl (C=O) groups is 2. The number of hydrogen-bond acceptors (Lipinski definition) is 4. The smallest absolute Gasteiger partial charge is 0.317 e. The summed E-state index contributed by atoms with van der Waals surface area (Å²) in [6, 6.07) is 4.71. The Morgan fingerprint density at radius 2 is 2.00 bits per heavy atom. The first-order valence-electron chi connectivity index (χ1n) is 6.10.